The number of hydrogen-bond donors (Lipinski definition) is 2. The standard InChI is InChI=1S/C12H14N2O6S/c1-20-12(17)9(15)6-13-11(16)7-3-4-10(21-2)8(5-7)14(18)19/h3-5,9,15H,6H2,1-2H3,(H,13,16). The number of carbonyl (C=O) groups is 2. The number of nitrogens with one attached hydrogen (secondary N) is 1. The lowest BCUT2D eigenvalue weighted by Crippen LogP contribution is -2.37. The first kappa shape index (κ1) is 16.9. The summed E-state index contributed by atoms with van der Waals surface area (Å²) >= 11 is 1.19. The van der Waals surface area contributed by atoms with Gasteiger partial charge in [-0.1, -0.05) is 0 Å². The average Bonchev–Trinajstić information content (AvgIpc) is 2.50. The molecule has 0 bridgehead atoms. The van der Waals surface area contributed by atoms with Crippen LogP contribution in [-0.2, 0) is 9.53 Å². The maximum Gasteiger partial charge on any atom is 0.336 e. The molecule has 0 aliphatic heterocycles. The number of esters is 1. The van der Waals surface area contributed by atoms with Crippen molar-refractivity contribution in [2.24, 2.45) is 0 Å². The highest BCUT2D eigenvalue weighted by atomic mass is 32.2. The Morgan fingerprint density at radius 1 is 1.52 bits per heavy atom. The molecule has 0 saturated carbocycles. The molecule has 0 radical (unpaired) electrons. The molecule has 1 amide bonds. The van der Waals surface area contributed by atoms with Crippen LogP contribution in [0.5, 0.6) is 0 Å². The first-order valence-corrected chi connectivity index (χ1v) is 6.99. The Balaban J connectivity index is 2.81. The number of benzene rings is 1. The number of ether oxygens (including phenoxy) is 1. The summed E-state index contributed by atoms with van der Waals surface area (Å²) < 4.78 is 4.30. The summed E-state index contributed by atoms with van der Waals surface area (Å²) in [6.07, 6.45) is 0.203. The monoisotopic (exact) mass is 314 g/mol. The van der Waals surface area contributed by atoms with Gasteiger partial charge in [0.25, 0.3) is 11.6 Å². The third kappa shape index (κ3) is 4.43. The predicted octanol–water partition coefficient (Wildman–Crippen LogP) is 0.580. The van der Waals surface area contributed by atoms with Crippen LogP contribution in [-0.4, -0.2) is 47.9 Å². The minimum absolute atomic E-state index is 0.0663. The molecule has 0 aliphatic rings. The maximum absolute atomic E-state index is 11.8. The number of aliphatic hydroxyl groups is 1. The van der Waals surface area contributed by atoms with Crippen molar-refractivity contribution >= 4 is 29.3 Å². The van der Waals surface area contributed by atoms with Crippen molar-refractivity contribution in [2.75, 3.05) is 19.9 Å². The third-order valence-electron chi connectivity index (χ3n) is 2.57. The second-order valence-corrected chi connectivity index (χ2v) is 4.74. The summed E-state index contributed by atoms with van der Waals surface area (Å²) in [5.41, 5.74) is -0.111. The Morgan fingerprint density at radius 2 is 2.19 bits per heavy atom. The zero-order valence-electron chi connectivity index (χ0n) is 11.4. The molecular weight excluding hydrogens is 300 g/mol. The van der Waals surface area contributed by atoms with E-state index in [9.17, 15) is 24.8 Å². The summed E-state index contributed by atoms with van der Waals surface area (Å²) in [5, 5.41) is 22.5. The summed E-state index contributed by atoms with van der Waals surface area (Å²) in [7, 11) is 1.11. The molecule has 1 unspecified atom stereocenters. The highest BCUT2D eigenvalue weighted by Crippen LogP contribution is 2.28. The zero-order chi connectivity index (χ0) is 16.0. The van der Waals surface area contributed by atoms with Gasteiger partial charge in [-0.25, -0.2) is 4.79 Å². The Hall–Kier alpha value is -2.13. The van der Waals surface area contributed by atoms with Crippen LogP contribution in [0, 0.1) is 10.1 Å². The third-order valence-corrected chi connectivity index (χ3v) is 3.35. The van der Waals surface area contributed by atoms with Crippen molar-refractivity contribution < 1.29 is 24.4 Å². The lowest BCUT2D eigenvalue weighted by Gasteiger charge is -2.10. The average molecular weight is 314 g/mol. The molecule has 21 heavy (non-hydrogen) atoms. The fourth-order valence-electron chi connectivity index (χ4n) is 1.48. The van der Waals surface area contributed by atoms with E-state index in [2.05, 4.69) is 10.1 Å². The van der Waals surface area contributed by atoms with Gasteiger partial charge in [0.2, 0.25) is 0 Å². The first-order chi connectivity index (χ1) is 9.90. The summed E-state index contributed by atoms with van der Waals surface area (Å²) in [5.74, 6) is -1.51. The number of nitro benzene ring substituents is 1. The molecule has 114 valence electrons. The number of hydrogen-bond acceptors (Lipinski definition) is 7. The van der Waals surface area contributed by atoms with Gasteiger partial charge in [-0.05, 0) is 18.4 Å². The Labute approximate surface area is 124 Å². The number of nitrogens with zero attached hydrogens (tertiary/aromatic N) is 1. The SMILES string of the molecule is COC(=O)C(O)CNC(=O)c1ccc(SC)c([N+](=O)[O-])c1. The van der Waals surface area contributed by atoms with Crippen molar-refractivity contribution in [1.29, 1.82) is 0 Å². The smallest absolute Gasteiger partial charge is 0.336 e. The zero-order valence-corrected chi connectivity index (χ0v) is 12.2. The molecule has 9 heteroatoms. The molecule has 0 saturated heterocycles. The molecule has 0 aromatic heterocycles. The van der Waals surface area contributed by atoms with Crippen LogP contribution < -0.4 is 5.32 Å². The van der Waals surface area contributed by atoms with E-state index in [-0.39, 0.29) is 17.8 Å². The Bertz CT molecular complexity index is 563. The van der Waals surface area contributed by atoms with Gasteiger partial charge in [-0.2, -0.15) is 0 Å². The second-order valence-electron chi connectivity index (χ2n) is 3.89. The normalized spacial score (nSPS) is 11.6. The molecule has 0 fully saturated rings. The highest BCUT2D eigenvalue weighted by Gasteiger charge is 2.19. The number of carbonyl (C=O) groups excluding carboxylic acids is 2. The second kappa shape index (κ2) is 7.60. The molecule has 1 rings (SSSR count). The van der Waals surface area contributed by atoms with Crippen molar-refractivity contribution in [3.63, 3.8) is 0 Å². The fraction of sp³-hybridized carbons (Fsp3) is 0.333. The minimum Gasteiger partial charge on any atom is -0.467 e. The van der Waals surface area contributed by atoms with Crippen LogP contribution in [0.3, 0.4) is 0 Å². The van der Waals surface area contributed by atoms with Crippen LogP contribution in [0.1, 0.15) is 10.4 Å². The summed E-state index contributed by atoms with van der Waals surface area (Å²) in [6.45, 7) is -0.344. The number of amides is 1. The van der Waals surface area contributed by atoms with E-state index in [4.69, 9.17) is 0 Å². The van der Waals surface area contributed by atoms with Crippen molar-refractivity contribution in [1.82, 2.24) is 5.32 Å². The topological polar surface area (TPSA) is 119 Å². The van der Waals surface area contributed by atoms with Crippen LogP contribution in [0.25, 0.3) is 0 Å². The van der Waals surface area contributed by atoms with E-state index >= 15 is 0 Å². The lowest BCUT2D eigenvalue weighted by atomic mass is 10.2. The predicted molar refractivity (Wildman–Crippen MR) is 75.2 cm³/mol. The van der Waals surface area contributed by atoms with Crippen molar-refractivity contribution in [3.05, 3.63) is 33.9 Å². The van der Waals surface area contributed by atoms with Gasteiger partial charge in [0.05, 0.1) is 23.5 Å². The van der Waals surface area contributed by atoms with Gasteiger partial charge in [0.1, 0.15) is 0 Å². The van der Waals surface area contributed by atoms with Gasteiger partial charge in [-0.3, -0.25) is 14.9 Å². The van der Waals surface area contributed by atoms with E-state index in [0.29, 0.717) is 4.90 Å². The van der Waals surface area contributed by atoms with E-state index in [1.54, 1.807) is 6.26 Å². The summed E-state index contributed by atoms with van der Waals surface area (Å²) in [6, 6.07) is 4.04. The number of rotatable bonds is 6. The molecule has 8 nitrogen and oxygen atoms in total. The molecule has 1 atom stereocenters. The van der Waals surface area contributed by atoms with E-state index < -0.39 is 22.9 Å². The van der Waals surface area contributed by atoms with Crippen LogP contribution in [0.2, 0.25) is 0 Å². The van der Waals surface area contributed by atoms with Crippen LogP contribution in [0.15, 0.2) is 23.1 Å². The summed E-state index contributed by atoms with van der Waals surface area (Å²) in [4.78, 5) is 33.6. The molecular formula is C12H14N2O6S. The van der Waals surface area contributed by atoms with Gasteiger partial charge >= 0.3 is 5.97 Å². The van der Waals surface area contributed by atoms with E-state index in [0.717, 1.165) is 13.2 Å². The number of methoxy groups -OCH3 is 1. The van der Waals surface area contributed by atoms with Crippen LogP contribution >= 0.6 is 11.8 Å². The van der Waals surface area contributed by atoms with Crippen molar-refractivity contribution in [3.8, 4) is 0 Å². The molecule has 1 aromatic rings. The number of nitro groups is 1. The van der Waals surface area contributed by atoms with Gasteiger partial charge in [0.15, 0.2) is 6.10 Å². The maximum atomic E-state index is 11.8. The Morgan fingerprint density at radius 3 is 2.71 bits per heavy atom. The number of aliphatic hydroxyl groups excluding tert-OH is 1. The Kier molecular flexibility index (Phi) is 6.12. The van der Waals surface area contributed by atoms with E-state index in [1.807, 2.05) is 0 Å². The van der Waals surface area contributed by atoms with Crippen molar-refractivity contribution in [2.45, 2.75) is 11.0 Å². The van der Waals surface area contributed by atoms with Gasteiger partial charge < -0.3 is 15.2 Å². The lowest BCUT2D eigenvalue weighted by molar-refractivity contribution is -0.387. The van der Waals surface area contributed by atoms with Gasteiger partial charge in [0, 0.05) is 11.6 Å². The first-order valence-electron chi connectivity index (χ1n) is 5.77. The molecule has 0 spiro atoms. The molecule has 0 heterocycles. The number of thioether (sulfide) groups is 1. The minimum atomic E-state index is -1.49. The largest absolute Gasteiger partial charge is 0.467 e. The van der Waals surface area contributed by atoms with Crippen LogP contribution in [0.4, 0.5) is 5.69 Å². The highest BCUT2D eigenvalue weighted by molar-refractivity contribution is 7.98. The fourth-order valence-corrected chi connectivity index (χ4v) is 2.03. The quantitative estimate of drug-likeness (QED) is 0.341. The van der Waals surface area contributed by atoms with Gasteiger partial charge in [-0.15, -0.1) is 11.8 Å². The molecule has 2 N–H and O–H groups in total. The molecule has 0 aliphatic carbocycles. The van der Waals surface area contributed by atoms with E-state index in [1.165, 1.54) is 23.9 Å². The molecule has 1 aromatic carbocycles.